The Kier molecular flexibility index (Phi) is 18.5. The molecule has 0 aromatic carbocycles. The second kappa shape index (κ2) is 18.4. The molecule has 1 aromatic rings. The Balaban J connectivity index is 0.0000109. The SMILES string of the molecule is Cl.O=C(CS(=O)(=O)CCOP(=O)(N(CCCl)CCCl)N(CCCl)CCCl)NCc1cccnc1. The van der Waals surface area contributed by atoms with Gasteiger partial charge in [0.15, 0.2) is 9.84 Å². The molecule has 9 nitrogen and oxygen atoms in total. The maximum atomic E-state index is 13.9. The van der Waals surface area contributed by atoms with Crippen molar-refractivity contribution in [3.05, 3.63) is 30.1 Å². The van der Waals surface area contributed by atoms with Crippen molar-refractivity contribution < 1.29 is 22.3 Å². The summed E-state index contributed by atoms with van der Waals surface area (Å²) in [6.45, 7) is 0.585. The summed E-state index contributed by atoms with van der Waals surface area (Å²) in [5, 5.41) is 2.54. The number of carbonyl (C=O) groups excluding carboxylic acids is 1. The molecule has 1 rings (SSSR count). The number of amides is 1. The van der Waals surface area contributed by atoms with Crippen molar-refractivity contribution in [2.75, 3.05) is 67.8 Å². The maximum absolute atomic E-state index is 13.9. The van der Waals surface area contributed by atoms with Gasteiger partial charge in [0.05, 0.1) is 12.4 Å². The minimum absolute atomic E-state index is 0. The highest BCUT2D eigenvalue weighted by molar-refractivity contribution is 7.92. The molecule has 0 unspecified atom stereocenters. The lowest BCUT2D eigenvalue weighted by Gasteiger charge is -2.37. The number of pyridine rings is 1. The quantitative estimate of drug-likeness (QED) is 0.197. The topological polar surface area (TPSA) is 109 Å². The number of carbonyl (C=O) groups is 1. The minimum Gasteiger partial charge on any atom is -0.351 e. The summed E-state index contributed by atoms with van der Waals surface area (Å²) < 4.78 is 47.3. The predicted octanol–water partition coefficient (Wildman–Crippen LogP) is 3.22. The van der Waals surface area contributed by atoms with Crippen molar-refractivity contribution in [2.45, 2.75) is 6.54 Å². The van der Waals surface area contributed by atoms with Gasteiger partial charge in [-0.3, -0.25) is 14.3 Å². The number of alkyl halides is 4. The van der Waals surface area contributed by atoms with E-state index in [0.29, 0.717) is 0 Å². The van der Waals surface area contributed by atoms with Gasteiger partial charge in [-0.15, -0.1) is 58.8 Å². The van der Waals surface area contributed by atoms with E-state index in [-0.39, 0.29) is 68.7 Å². The van der Waals surface area contributed by atoms with Gasteiger partial charge >= 0.3 is 7.67 Å². The molecule has 0 fully saturated rings. The third-order valence-corrected chi connectivity index (χ3v) is 9.22. The summed E-state index contributed by atoms with van der Waals surface area (Å²) in [6.07, 6.45) is 3.17. The van der Waals surface area contributed by atoms with Crippen LogP contribution < -0.4 is 5.32 Å². The highest BCUT2D eigenvalue weighted by atomic mass is 35.5. The van der Waals surface area contributed by atoms with Crippen molar-refractivity contribution in [3.63, 3.8) is 0 Å². The molecular formula is C18H30Cl5N4O5PS. The van der Waals surface area contributed by atoms with Crippen LogP contribution in [0.15, 0.2) is 24.5 Å². The Morgan fingerprint density at radius 3 is 2.00 bits per heavy atom. The van der Waals surface area contributed by atoms with Crippen LogP contribution in [0, 0.1) is 0 Å². The monoisotopic (exact) mass is 620 g/mol. The Labute approximate surface area is 227 Å². The lowest BCUT2D eigenvalue weighted by atomic mass is 10.3. The number of sulfone groups is 1. The van der Waals surface area contributed by atoms with Gasteiger partial charge in [0, 0.05) is 68.6 Å². The number of hydrogen-bond donors (Lipinski definition) is 1. The summed E-state index contributed by atoms with van der Waals surface area (Å²) in [7, 11) is -7.55. The molecule has 0 atom stereocenters. The first-order valence-corrected chi connectivity index (χ1v) is 15.6. The molecule has 0 saturated carbocycles. The van der Waals surface area contributed by atoms with E-state index in [1.807, 2.05) is 0 Å². The molecule has 0 aliphatic carbocycles. The zero-order valence-electron chi connectivity index (χ0n) is 18.5. The molecule has 0 saturated heterocycles. The van der Waals surface area contributed by atoms with Gasteiger partial charge in [-0.05, 0) is 11.6 Å². The lowest BCUT2D eigenvalue weighted by Crippen LogP contribution is -2.38. The first-order valence-electron chi connectivity index (χ1n) is 10.1. The highest BCUT2D eigenvalue weighted by Crippen LogP contribution is 2.54. The molecule has 0 bridgehead atoms. The van der Waals surface area contributed by atoms with Gasteiger partial charge < -0.3 is 9.84 Å². The van der Waals surface area contributed by atoms with Crippen LogP contribution in [0.25, 0.3) is 0 Å². The zero-order valence-corrected chi connectivity index (χ0v) is 24.0. The summed E-state index contributed by atoms with van der Waals surface area (Å²) >= 11 is 23.4. The Morgan fingerprint density at radius 1 is 1.03 bits per heavy atom. The lowest BCUT2D eigenvalue weighted by molar-refractivity contribution is -0.118. The van der Waals surface area contributed by atoms with Crippen LogP contribution in [0.2, 0.25) is 0 Å². The average molecular weight is 623 g/mol. The third kappa shape index (κ3) is 12.4. The van der Waals surface area contributed by atoms with Crippen molar-refractivity contribution in [1.82, 2.24) is 19.6 Å². The first kappa shape index (κ1) is 34.1. The molecule has 1 N–H and O–H groups in total. The standard InChI is InChI=1S/C18H29Cl4N4O5PS.ClH/c19-3-8-25(9-4-20)32(28,26(10-5-21)11-6-22)31-12-13-33(29,30)16-18(27)24-15-17-2-1-7-23-14-17;/h1-2,7,14H,3-6,8-13,15-16H2,(H,24,27);1H. The molecule has 0 aliphatic heterocycles. The summed E-state index contributed by atoms with van der Waals surface area (Å²) in [4.78, 5) is 16.0. The fourth-order valence-electron chi connectivity index (χ4n) is 2.77. The van der Waals surface area contributed by atoms with Crippen LogP contribution in [0.3, 0.4) is 0 Å². The van der Waals surface area contributed by atoms with Gasteiger partial charge in [-0.25, -0.2) is 17.8 Å². The van der Waals surface area contributed by atoms with Gasteiger partial charge in [-0.1, -0.05) is 6.07 Å². The van der Waals surface area contributed by atoms with Crippen LogP contribution in [-0.2, 0) is 30.3 Å². The highest BCUT2D eigenvalue weighted by Gasteiger charge is 2.38. The molecule has 1 amide bonds. The number of hydrogen-bond acceptors (Lipinski definition) is 6. The molecule has 0 radical (unpaired) electrons. The largest absolute Gasteiger partial charge is 0.351 e. The molecular weight excluding hydrogens is 593 g/mol. The normalized spacial score (nSPS) is 12.1. The third-order valence-electron chi connectivity index (χ3n) is 4.30. The Morgan fingerprint density at radius 2 is 1.56 bits per heavy atom. The van der Waals surface area contributed by atoms with E-state index < -0.39 is 41.5 Å². The Hall–Kier alpha value is 0.130. The van der Waals surface area contributed by atoms with Gasteiger partial charge in [-0.2, -0.15) is 0 Å². The van der Waals surface area contributed by atoms with E-state index in [0.717, 1.165) is 5.56 Å². The smallest absolute Gasteiger partial charge is 0.346 e. The van der Waals surface area contributed by atoms with E-state index in [1.165, 1.54) is 9.34 Å². The number of nitrogens with zero attached hydrogens (tertiary/aromatic N) is 3. The molecule has 198 valence electrons. The molecule has 1 heterocycles. The van der Waals surface area contributed by atoms with Crippen LogP contribution in [-0.4, -0.2) is 96.5 Å². The van der Waals surface area contributed by atoms with Gasteiger partial charge in [0.25, 0.3) is 0 Å². The van der Waals surface area contributed by atoms with Crippen molar-refractivity contribution >= 4 is 82.2 Å². The average Bonchev–Trinajstić information content (AvgIpc) is 2.77. The van der Waals surface area contributed by atoms with Crippen LogP contribution in [0.1, 0.15) is 5.56 Å². The molecule has 0 aliphatic rings. The second-order valence-corrected chi connectivity index (χ2v) is 12.8. The van der Waals surface area contributed by atoms with E-state index in [1.54, 1.807) is 24.5 Å². The summed E-state index contributed by atoms with van der Waals surface area (Å²) in [5.74, 6) is -1.22. The first-order chi connectivity index (χ1) is 15.7. The zero-order chi connectivity index (χ0) is 24.7. The molecule has 0 spiro atoms. The van der Waals surface area contributed by atoms with Crippen molar-refractivity contribution in [1.29, 1.82) is 0 Å². The minimum atomic E-state index is -3.82. The van der Waals surface area contributed by atoms with Crippen molar-refractivity contribution in [2.24, 2.45) is 0 Å². The van der Waals surface area contributed by atoms with E-state index >= 15 is 0 Å². The number of halogens is 5. The van der Waals surface area contributed by atoms with Crippen LogP contribution in [0.4, 0.5) is 0 Å². The van der Waals surface area contributed by atoms with E-state index in [4.69, 9.17) is 50.9 Å². The van der Waals surface area contributed by atoms with Gasteiger partial charge in [0.1, 0.15) is 5.75 Å². The second-order valence-electron chi connectivity index (χ2n) is 6.72. The fraction of sp³-hybridized carbons (Fsp3) is 0.667. The van der Waals surface area contributed by atoms with Crippen LogP contribution >= 0.6 is 66.5 Å². The predicted molar refractivity (Wildman–Crippen MR) is 142 cm³/mol. The van der Waals surface area contributed by atoms with Crippen molar-refractivity contribution in [3.8, 4) is 0 Å². The number of rotatable bonds is 18. The number of aromatic nitrogens is 1. The molecule has 1 aromatic heterocycles. The van der Waals surface area contributed by atoms with E-state index in [9.17, 15) is 17.8 Å². The summed E-state index contributed by atoms with van der Waals surface area (Å²) in [6, 6.07) is 3.47. The van der Waals surface area contributed by atoms with E-state index in [2.05, 4.69) is 10.3 Å². The van der Waals surface area contributed by atoms with Gasteiger partial charge in [0.2, 0.25) is 5.91 Å². The molecule has 16 heteroatoms. The maximum Gasteiger partial charge on any atom is 0.346 e. The summed E-state index contributed by atoms with van der Waals surface area (Å²) in [5.41, 5.74) is 0.741. The van der Waals surface area contributed by atoms with Crippen LogP contribution in [0.5, 0.6) is 0 Å². The number of nitrogens with one attached hydrogen (secondary N) is 1. The Bertz CT molecular complexity index is 824. The fourth-order valence-corrected chi connectivity index (χ4v) is 7.59. The molecule has 34 heavy (non-hydrogen) atoms.